The average Bonchev–Trinajstić information content (AvgIpc) is 2.36. The number of aromatic nitrogens is 1. The van der Waals surface area contributed by atoms with E-state index in [1.54, 1.807) is 6.07 Å². The van der Waals surface area contributed by atoms with E-state index >= 15 is 0 Å². The standard InChI is InChI=1S/C12H12F3N3/c1-2-3-6-4-7-5-8(13)9(14)10(15)11(7)17-12(6)18-16/h4-5H,2-3,16H2,1H3,(H,17,18). The molecular formula is C12H12F3N3. The molecule has 0 fully saturated rings. The summed E-state index contributed by atoms with van der Waals surface area (Å²) in [7, 11) is 0. The molecule has 6 heteroatoms. The number of nitrogens with two attached hydrogens (primary N) is 1. The Hall–Kier alpha value is -1.82. The topological polar surface area (TPSA) is 50.9 Å². The van der Waals surface area contributed by atoms with E-state index in [9.17, 15) is 13.2 Å². The highest BCUT2D eigenvalue weighted by Crippen LogP contribution is 2.26. The second-order valence-electron chi connectivity index (χ2n) is 3.95. The molecule has 1 aromatic heterocycles. The van der Waals surface area contributed by atoms with Gasteiger partial charge in [-0.1, -0.05) is 13.3 Å². The maximum atomic E-state index is 13.5. The van der Waals surface area contributed by atoms with Gasteiger partial charge < -0.3 is 5.43 Å². The molecule has 2 rings (SSSR count). The minimum atomic E-state index is -1.53. The van der Waals surface area contributed by atoms with Crippen molar-refractivity contribution in [1.82, 2.24) is 4.98 Å². The van der Waals surface area contributed by atoms with Crippen LogP contribution in [-0.4, -0.2) is 4.98 Å². The summed E-state index contributed by atoms with van der Waals surface area (Å²) in [6.45, 7) is 1.95. The maximum Gasteiger partial charge on any atom is 0.196 e. The van der Waals surface area contributed by atoms with Crippen LogP contribution < -0.4 is 11.3 Å². The fourth-order valence-electron chi connectivity index (χ4n) is 1.85. The van der Waals surface area contributed by atoms with E-state index in [0.29, 0.717) is 6.42 Å². The van der Waals surface area contributed by atoms with Crippen LogP contribution in [0.4, 0.5) is 19.0 Å². The first-order chi connectivity index (χ1) is 8.58. The third-order valence-electron chi connectivity index (χ3n) is 2.68. The number of pyridine rings is 1. The smallest absolute Gasteiger partial charge is 0.196 e. The van der Waals surface area contributed by atoms with E-state index in [2.05, 4.69) is 10.4 Å². The number of hydrogen-bond acceptors (Lipinski definition) is 3. The van der Waals surface area contributed by atoms with Crippen LogP contribution in [0.2, 0.25) is 0 Å². The highest BCUT2D eigenvalue weighted by molar-refractivity contribution is 5.82. The Bertz CT molecular complexity index is 599. The molecule has 1 aromatic carbocycles. The molecule has 0 radical (unpaired) electrons. The first-order valence-corrected chi connectivity index (χ1v) is 5.52. The lowest BCUT2D eigenvalue weighted by Crippen LogP contribution is -2.12. The fraction of sp³-hybridized carbons (Fsp3) is 0.250. The second kappa shape index (κ2) is 4.81. The molecule has 0 aliphatic rings. The molecule has 0 unspecified atom stereocenters. The monoisotopic (exact) mass is 255 g/mol. The highest BCUT2D eigenvalue weighted by atomic mass is 19.2. The van der Waals surface area contributed by atoms with Crippen LogP contribution in [-0.2, 0) is 6.42 Å². The average molecular weight is 255 g/mol. The molecule has 18 heavy (non-hydrogen) atoms. The summed E-state index contributed by atoms with van der Waals surface area (Å²) in [5.74, 6) is 1.51. The number of nitrogens with zero attached hydrogens (tertiary/aromatic N) is 1. The molecule has 0 bridgehead atoms. The molecule has 0 aliphatic carbocycles. The lowest BCUT2D eigenvalue weighted by atomic mass is 10.1. The minimum Gasteiger partial charge on any atom is -0.308 e. The summed E-state index contributed by atoms with van der Waals surface area (Å²) >= 11 is 0. The van der Waals surface area contributed by atoms with Crippen molar-refractivity contribution in [2.45, 2.75) is 19.8 Å². The Balaban J connectivity index is 2.75. The largest absolute Gasteiger partial charge is 0.308 e. The van der Waals surface area contributed by atoms with Crippen molar-refractivity contribution in [2.75, 3.05) is 5.43 Å². The fourth-order valence-corrected chi connectivity index (χ4v) is 1.85. The van der Waals surface area contributed by atoms with Crippen molar-refractivity contribution >= 4 is 16.7 Å². The molecule has 0 saturated heterocycles. The van der Waals surface area contributed by atoms with E-state index in [4.69, 9.17) is 5.84 Å². The van der Waals surface area contributed by atoms with Gasteiger partial charge in [0.15, 0.2) is 17.5 Å². The quantitative estimate of drug-likeness (QED) is 0.503. The van der Waals surface area contributed by atoms with E-state index in [0.717, 1.165) is 18.1 Å². The summed E-state index contributed by atoms with van der Waals surface area (Å²) in [5.41, 5.74) is 2.84. The molecule has 0 saturated carbocycles. The Labute approximate surface area is 102 Å². The van der Waals surface area contributed by atoms with E-state index < -0.39 is 17.5 Å². The normalized spacial score (nSPS) is 10.9. The van der Waals surface area contributed by atoms with Gasteiger partial charge >= 0.3 is 0 Å². The zero-order chi connectivity index (χ0) is 13.3. The first kappa shape index (κ1) is 12.6. The van der Waals surface area contributed by atoms with E-state index in [1.807, 2.05) is 6.92 Å². The Morgan fingerprint density at radius 2 is 1.94 bits per heavy atom. The van der Waals surface area contributed by atoms with Crippen molar-refractivity contribution in [3.8, 4) is 0 Å². The van der Waals surface area contributed by atoms with Gasteiger partial charge in [0.05, 0.1) is 0 Å². The Morgan fingerprint density at radius 3 is 2.56 bits per heavy atom. The molecule has 0 amide bonds. The van der Waals surface area contributed by atoms with Crippen molar-refractivity contribution in [3.63, 3.8) is 0 Å². The van der Waals surface area contributed by atoms with Crippen LogP contribution in [0, 0.1) is 17.5 Å². The SMILES string of the molecule is CCCc1cc2cc(F)c(F)c(F)c2nc1NN. The summed E-state index contributed by atoms with van der Waals surface area (Å²) < 4.78 is 39.8. The molecule has 0 atom stereocenters. The van der Waals surface area contributed by atoms with Crippen LogP contribution in [0.5, 0.6) is 0 Å². The molecular weight excluding hydrogens is 243 g/mol. The van der Waals surface area contributed by atoms with Crippen LogP contribution in [0.3, 0.4) is 0 Å². The lowest BCUT2D eigenvalue weighted by molar-refractivity contribution is 0.452. The van der Waals surface area contributed by atoms with Gasteiger partial charge in [-0.15, -0.1) is 0 Å². The first-order valence-electron chi connectivity index (χ1n) is 5.52. The predicted octanol–water partition coefficient (Wildman–Crippen LogP) is 2.89. The van der Waals surface area contributed by atoms with Gasteiger partial charge in [0.1, 0.15) is 11.3 Å². The number of fused-ring (bicyclic) bond motifs is 1. The van der Waals surface area contributed by atoms with Gasteiger partial charge in [-0.05, 0) is 24.1 Å². The van der Waals surface area contributed by atoms with Crippen LogP contribution in [0.25, 0.3) is 10.9 Å². The summed E-state index contributed by atoms with van der Waals surface area (Å²) in [5, 5.41) is 0.217. The number of anilines is 1. The van der Waals surface area contributed by atoms with Gasteiger partial charge in [-0.25, -0.2) is 24.0 Å². The van der Waals surface area contributed by atoms with Crippen molar-refractivity contribution < 1.29 is 13.2 Å². The molecule has 3 nitrogen and oxygen atoms in total. The number of benzene rings is 1. The van der Waals surface area contributed by atoms with Gasteiger partial charge in [0.25, 0.3) is 0 Å². The second-order valence-corrected chi connectivity index (χ2v) is 3.95. The Kier molecular flexibility index (Phi) is 3.38. The summed E-state index contributed by atoms with van der Waals surface area (Å²) in [4.78, 5) is 3.90. The number of aryl methyl sites for hydroxylation is 1. The molecule has 3 N–H and O–H groups in total. The Morgan fingerprint density at radius 1 is 1.22 bits per heavy atom. The molecule has 2 aromatic rings. The van der Waals surface area contributed by atoms with E-state index in [-0.39, 0.29) is 16.7 Å². The number of hydrazine groups is 1. The summed E-state index contributed by atoms with van der Waals surface area (Å²) in [6.07, 6.45) is 1.48. The summed E-state index contributed by atoms with van der Waals surface area (Å²) in [6, 6.07) is 2.49. The maximum absolute atomic E-state index is 13.5. The number of nitrogen functional groups attached to an aromatic ring is 1. The van der Waals surface area contributed by atoms with Gasteiger partial charge in [0, 0.05) is 5.39 Å². The number of halogens is 3. The number of rotatable bonds is 3. The van der Waals surface area contributed by atoms with Crippen molar-refractivity contribution in [3.05, 3.63) is 35.1 Å². The van der Waals surface area contributed by atoms with Crippen LogP contribution in [0.15, 0.2) is 12.1 Å². The highest BCUT2D eigenvalue weighted by Gasteiger charge is 2.16. The number of nitrogens with one attached hydrogen (secondary N) is 1. The predicted molar refractivity (Wildman–Crippen MR) is 63.4 cm³/mol. The lowest BCUT2D eigenvalue weighted by Gasteiger charge is -2.10. The zero-order valence-electron chi connectivity index (χ0n) is 9.73. The van der Waals surface area contributed by atoms with Crippen molar-refractivity contribution in [1.29, 1.82) is 0 Å². The van der Waals surface area contributed by atoms with Gasteiger partial charge in [-0.3, -0.25) is 0 Å². The van der Waals surface area contributed by atoms with E-state index in [1.165, 1.54) is 0 Å². The molecule has 1 heterocycles. The zero-order valence-corrected chi connectivity index (χ0v) is 9.73. The molecule has 96 valence electrons. The van der Waals surface area contributed by atoms with Gasteiger partial charge in [-0.2, -0.15) is 0 Å². The number of hydrogen-bond donors (Lipinski definition) is 2. The molecule has 0 spiro atoms. The third kappa shape index (κ3) is 1.99. The third-order valence-corrected chi connectivity index (χ3v) is 2.68. The van der Waals surface area contributed by atoms with Crippen LogP contribution >= 0.6 is 0 Å². The minimum absolute atomic E-state index is 0.217. The van der Waals surface area contributed by atoms with Crippen LogP contribution in [0.1, 0.15) is 18.9 Å². The van der Waals surface area contributed by atoms with Gasteiger partial charge in [0.2, 0.25) is 0 Å². The molecule has 0 aliphatic heterocycles. The van der Waals surface area contributed by atoms with Crippen molar-refractivity contribution in [2.24, 2.45) is 5.84 Å².